The minimum Gasteiger partial charge on any atom is -0.455 e. The van der Waals surface area contributed by atoms with Crippen molar-refractivity contribution in [3.63, 3.8) is 0 Å². The van der Waals surface area contributed by atoms with Gasteiger partial charge in [-0.05, 0) is 106 Å². The summed E-state index contributed by atoms with van der Waals surface area (Å²) in [7, 11) is 0. The third kappa shape index (κ3) is 4.89. The van der Waals surface area contributed by atoms with Gasteiger partial charge in [-0.25, -0.2) is 0 Å². The molecule has 0 radical (unpaired) electrons. The lowest BCUT2D eigenvalue weighted by atomic mass is 9.85. The third-order valence-electron chi connectivity index (χ3n) is 12.0. The van der Waals surface area contributed by atoms with Crippen molar-refractivity contribution >= 4 is 75.8 Å². The summed E-state index contributed by atoms with van der Waals surface area (Å²) >= 11 is 0. The fourth-order valence-corrected chi connectivity index (χ4v) is 9.43. The molecule has 1 heterocycles. The average molecular weight is 723 g/mol. The van der Waals surface area contributed by atoms with Gasteiger partial charge in [0.25, 0.3) is 0 Å². The summed E-state index contributed by atoms with van der Waals surface area (Å²) in [6, 6.07) is 75.2. The molecule has 0 N–H and O–H groups in total. The Bertz CT molecular complexity index is 3500. The summed E-state index contributed by atoms with van der Waals surface area (Å²) < 4.78 is 6.94. The maximum atomic E-state index is 6.94. The molecule has 0 aliphatic carbocycles. The molecular formula is C56H34O. The van der Waals surface area contributed by atoms with E-state index in [2.05, 4.69) is 206 Å². The fourth-order valence-electron chi connectivity index (χ4n) is 9.43. The molecule has 12 rings (SSSR count). The number of hydrogen-bond acceptors (Lipinski definition) is 1. The van der Waals surface area contributed by atoms with Crippen LogP contribution in [0.5, 0.6) is 0 Å². The first-order valence-corrected chi connectivity index (χ1v) is 19.7. The van der Waals surface area contributed by atoms with Gasteiger partial charge in [-0.3, -0.25) is 0 Å². The van der Waals surface area contributed by atoms with E-state index >= 15 is 0 Å². The highest BCUT2D eigenvalue weighted by atomic mass is 16.3. The van der Waals surface area contributed by atoms with E-state index in [1.165, 1.54) is 87.4 Å². The first-order chi connectivity index (χ1) is 28.3. The van der Waals surface area contributed by atoms with Crippen molar-refractivity contribution in [1.82, 2.24) is 0 Å². The second-order valence-electron chi connectivity index (χ2n) is 15.1. The van der Waals surface area contributed by atoms with Crippen molar-refractivity contribution in [3.8, 4) is 44.5 Å². The molecule has 0 aliphatic heterocycles. The summed E-state index contributed by atoms with van der Waals surface area (Å²) in [4.78, 5) is 0. The van der Waals surface area contributed by atoms with E-state index < -0.39 is 0 Å². The predicted octanol–water partition coefficient (Wildman–Crippen LogP) is 16.0. The van der Waals surface area contributed by atoms with Crippen molar-refractivity contribution in [2.75, 3.05) is 0 Å². The Hall–Kier alpha value is -7.48. The van der Waals surface area contributed by atoms with E-state index in [9.17, 15) is 0 Å². The number of benzene rings is 11. The summed E-state index contributed by atoms with van der Waals surface area (Å²) in [5, 5.41) is 14.4. The van der Waals surface area contributed by atoms with Crippen LogP contribution in [0.3, 0.4) is 0 Å². The van der Waals surface area contributed by atoms with Gasteiger partial charge in [0.05, 0.1) is 0 Å². The fraction of sp³-hybridized carbons (Fsp3) is 0. The van der Waals surface area contributed by atoms with Crippen LogP contribution < -0.4 is 0 Å². The monoisotopic (exact) mass is 722 g/mol. The van der Waals surface area contributed by atoms with E-state index in [1.807, 2.05) is 0 Å². The highest BCUT2D eigenvalue weighted by Gasteiger charge is 2.20. The lowest BCUT2D eigenvalue weighted by Crippen LogP contribution is -1.91. The first-order valence-electron chi connectivity index (χ1n) is 19.7. The topological polar surface area (TPSA) is 13.1 Å². The van der Waals surface area contributed by atoms with Gasteiger partial charge >= 0.3 is 0 Å². The van der Waals surface area contributed by atoms with Crippen LogP contribution in [0.25, 0.3) is 120 Å². The standard InChI is InChI=1S/C56H34O/c1-2-13-35(14-3-1)36-25-27-38(28-26-36)52-46-21-8-10-23-48(46)53(49-24-11-9-22-47(49)52)41-17-12-16-39(33-41)40-30-31-44-43-19-6-7-20-45(43)54-50-32-29-37-15-4-5-18-42(37)55(50)57-56(54)51(44)34-40/h1-34H. The van der Waals surface area contributed by atoms with Crippen LogP contribution in [0.2, 0.25) is 0 Å². The largest absolute Gasteiger partial charge is 0.455 e. The molecule has 264 valence electrons. The van der Waals surface area contributed by atoms with Gasteiger partial charge in [-0.2, -0.15) is 0 Å². The molecule has 1 aromatic heterocycles. The minimum absolute atomic E-state index is 0.942. The van der Waals surface area contributed by atoms with Crippen LogP contribution in [-0.4, -0.2) is 0 Å². The Kier molecular flexibility index (Phi) is 7.00. The molecule has 0 unspecified atom stereocenters. The van der Waals surface area contributed by atoms with Crippen molar-refractivity contribution in [1.29, 1.82) is 0 Å². The number of rotatable bonds is 4. The van der Waals surface area contributed by atoms with Crippen molar-refractivity contribution in [2.24, 2.45) is 0 Å². The maximum Gasteiger partial charge on any atom is 0.143 e. The number of hydrogen-bond donors (Lipinski definition) is 0. The molecule has 57 heavy (non-hydrogen) atoms. The van der Waals surface area contributed by atoms with E-state index in [0.717, 1.165) is 32.9 Å². The van der Waals surface area contributed by atoms with Crippen LogP contribution >= 0.6 is 0 Å². The van der Waals surface area contributed by atoms with Crippen LogP contribution in [0, 0.1) is 0 Å². The van der Waals surface area contributed by atoms with E-state index in [4.69, 9.17) is 4.42 Å². The summed E-state index contributed by atoms with van der Waals surface area (Å²) in [5.41, 5.74) is 11.6. The SMILES string of the molecule is c1ccc(-c2ccc(-c3c4ccccc4c(-c4cccc(-c5ccc6c7ccccc7c7c8ccc9ccccc9c8oc7c6c5)c4)c4ccccc34)cc2)cc1. The molecule has 1 heteroatoms. The van der Waals surface area contributed by atoms with E-state index in [0.29, 0.717) is 0 Å². The maximum absolute atomic E-state index is 6.94. The molecule has 0 saturated heterocycles. The average Bonchev–Trinajstić information content (AvgIpc) is 3.69. The van der Waals surface area contributed by atoms with E-state index in [1.54, 1.807) is 0 Å². The van der Waals surface area contributed by atoms with Crippen LogP contribution in [0.4, 0.5) is 0 Å². The van der Waals surface area contributed by atoms with Gasteiger partial charge in [-0.15, -0.1) is 0 Å². The van der Waals surface area contributed by atoms with Gasteiger partial charge in [0.1, 0.15) is 11.2 Å². The van der Waals surface area contributed by atoms with Crippen LogP contribution in [0.15, 0.2) is 211 Å². The Balaban J connectivity index is 1.05. The highest BCUT2D eigenvalue weighted by Crippen LogP contribution is 2.46. The first kappa shape index (κ1) is 31.8. The van der Waals surface area contributed by atoms with Gasteiger partial charge in [0.2, 0.25) is 0 Å². The normalized spacial score (nSPS) is 11.9. The molecule has 0 saturated carbocycles. The van der Waals surface area contributed by atoms with Gasteiger partial charge in [0.15, 0.2) is 0 Å². The molecule has 0 amide bonds. The number of fused-ring (bicyclic) bond motifs is 12. The highest BCUT2D eigenvalue weighted by molar-refractivity contribution is 6.32. The number of furan rings is 1. The lowest BCUT2D eigenvalue weighted by molar-refractivity contribution is 0.676. The molecule has 0 atom stereocenters. The molecule has 12 aromatic rings. The molecule has 11 aromatic carbocycles. The third-order valence-corrected chi connectivity index (χ3v) is 12.0. The van der Waals surface area contributed by atoms with Crippen LogP contribution in [0.1, 0.15) is 0 Å². The van der Waals surface area contributed by atoms with Gasteiger partial charge < -0.3 is 4.42 Å². The zero-order chi connectivity index (χ0) is 37.5. The molecule has 0 fully saturated rings. The Labute approximate surface area is 329 Å². The zero-order valence-electron chi connectivity index (χ0n) is 31.0. The Morgan fingerprint density at radius 1 is 0.228 bits per heavy atom. The molecule has 0 aliphatic rings. The van der Waals surface area contributed by atoms with Crippen LogP contribution in [-0.2, 0) is 0 Å². The quantitative estimate of drug-likeness (QED) is 0.130. The van der Waals surface area contributed by atoms with Gasteiger partial charge in [0, 0.05) is 21.5 Å². The van der Waals surface area contributed by atoms with Crippen molar-refractivity contribution < 1.29 is 4.42 Å². The second kappa shape index (κ2) is 12.5. The summed E-state index contributed by atoms with van der Waals surface area (Å²) in [6.45, 7) is 0. The second-order valence-corrected chi connectivity index (χ2v) is 15.1. The minimum atomic E-state index is 0.942. The van der Waals surface area contributed by atoms with Gasteiger partial charge in [-0.1, -0.05) is 188 Å². The Morgan fingerprint density at radius 3 is 1.42 bits per heavy atom. The molecule has 0 bridgehead atoms. The lowest BCUT2D eigenvalue weighted by Gasteiger charge is -2.18. The molecular weight excluding hydrogens is 689 g/mol. The van der Waals surface area contributed by atoms with Crippen molar-refractivity contribution in [3.05, 3.63) is 206 Å². The smallest absolute Gasteiger partial charge is 0.143 e. The van der Waals surface area contributed by atoms with Crippen molar-refractivity contribution in [2.45, 2.75) is 0 Å². The zero-order valence-corrected chi connectivity index (χ0v) is 31.0. The summed E-state index contributed by atoms with van der Waals surface area (Å²) in [5.74, 6) is 0. The predicted molar refractivity (Wildman–Crippen MR) is 243 cm³/mol. The Morgan fingerprint density at radius 2 is 0.702 bits per heavy atom. The van der Waals surface area contributed by atoms with E-state index in [-0.39, 0.29) is 0 Å². The molecule has 1 nitrogen and oxygen atoms in total. The molecule has 0 spiro atoms. The summed E-state index contributed by atoms with van der Waals surface area (Å²) in [6.07, 6.45) is 0.